The number of fused-ring (bicyclic) bond motifs is 5. The lowest BCUT2D eigenvalue weighted by atomic mass is 9.82. The zero-order valence-corrected chi connectivity index (χ0v) is 11.3. The molecule has 0 saturated carbocycles. The third-order valence-corrected chi connectivity index (χ3v) is 4.57. The van der Waals surface area contributed by atoms with E-state index in [1.165, 1.54) is 0 Å². The van der Waals surface area contributed by atoms with E-state index in [1.807, 2.05) is 20.8 Å². The topological polar surface area (TPSA) is 54.0 Å². The van der Waals surface area contributed by atoms with Gasteiger partial charge in [-0.2, -0.15) is 0 Å². The molecule has 3 fully saturated rings. The van der Waals surface area contributed by atoms with Crippen molar-refractivity contribution in [3.05, 3.63) is 11.6 Å². The quantitative estimate of drug-likeness (QED) is 0.655. The molecule has 0 radical (unpaired) electrons. The van der Waals surface area contributed by atoms with Crippen molar-refractivity contribution in [3.8, 4) is 0 Å². The molecule has 3 heterocycles. The van der Waals surface area contributed by atoms with Gasteiger partial charge in [-0.3, -0.25) is 4.79 Å². The van der Waals surface area contributed by atoms with E-state index in [9.17, 15) is 4.79 Å². The van der Waals surface area contributed by atoms with Crippen LogP contribution in [0.25, 0.3) is 0 Å². The van der Waals surface area contributed by atoms with E-state index >= 15 is 0 Å². The molecule has 19 heavy (non-hydrogen) atoms. The molecule has 4 rings (SSSR count). The van der Waals surface area contributed by atoms with Crippen LogP contribution in [0.2, 0.25) is 0 Å². The number of hydrogen-bond acceptors (Lipinski definition) is 5. The van der Waals surface area contributed by atoms with Crippen molar-refractivity contribution in [1.82, 2.24) is 0 Å². The van der Waals surface area contributed by atoms with E-state index in [0.29, 0.717) is 6.61 Å². The Hall–Kier alpha value is -0.750. The Morgan fingerprint density at radius 1 is 1.21 bits per heavy atom. The van der Waals surface area contributed by atoms with E-state index in [4.69, 9.17) is 18.9 Å². The lowest BCUT2D eigenvalue weighted by Crippen LogP contribution is -2.46. The maximum atomic E-state index is 11.8. The van der Waals surface area contributed by atoms with Gasteiger partial charge in [0.05, 0.1) is 12.7 Å². The smallest absolute Gasteiger partial charge is 0.190 e. The Labute approximate surface area is 111 Å². The molecule has 0 aromatic rings. The van der Waals surface area contributed by atoms with E-state index in [-0.39, 0.29) is 42.2 Å². The van der Waals surface area contributed by atoms with E-state index in [2.05, 4.69) is 0 Å². The van der Waals surface area contributed by atoms with Crippen molar-refractivity contribution in [1.29, 1.82) is 0 Å². The second-order valence-corrected chi connectivity index (χ2v) is 6.28. The minimum Gasteiger partial charge on any atom is -0.368 e. The Morgan fingerprint density at radius 3 is 2.79 bits per heavy atom. The molecule has 0 aromatic heterocycles. The average molecular weight is 266 g/mol. The maximum absolute atomic E-state index is 11.8. The van der Waals surface area contributed by atoms with Crippen molar-refractivity contribution < 1.29 is 23.7 Å². The number of carbonyl (C=O) groups is 1. The highest BCUT2D eigenvalue weighted by Crippen LogP contribution is 2.48. The van der Waals surface area contributed by atoms with Gasteiger partial charge in [0.1, 0.15) is 12.2 Å². The molecular formula is C14H18O5. The first kappa shape index (κ1) is 12.0. The fourth-order valence-electron chi connectivity index (χ4n) is 3.72. The molecule has 3 aliphatic heterocycles. The van der Waals surface area contributed by atoms with Crippen LogP contribution < -0.4 is 0 Å². The Kier molecular flexibility index (Phi) is 2.32. The van der Waals surface area contributed by atoms with Crippen LogP contribution in [-0.2, 0) is 23.7 Å². The highest BCUT2D eigenvalue weighted by Gasteiger charge is 2.60. The van der Waals surface area contributed by atoms with Crippen molar-refractivity contribution >= 4 is 5.78 Å². The fraction of sp³-hybridized carbons (Fsp3) is 0.786. The summed E-state index contributed by atoms with van der Waals surface area (Å²) in [5.41, 5.74) is 1.05. The summed E-state index contributed by atoms with van der Waals surface area (Å²) in [7, 11) is 0. The molecule has 5 nitrogen and oxygen atoms in total. The van der Waals surface area contributed by atoms with Crippen LogP contribution in [0, 0.1) is 11.8 Å². The van der Waals surface area contributed by atoms with Gasteiger partial charge in [0, 0.05) is 11.8 Å². The number of ether oxygens (including phenoxy) is 4. The number of carbonyl (C=O) groups excluding carboxylic acids is 1. The molecule has 0 bridgehead atoms. The Balaban J connectivity index is 1.62. The molecule has 0 N–H and O–H groups in total. The van der Waals surface area contributed by atoms with Gasteiger partial charge in [-0.1, -0.05) is 6.92 Å². The molecule has 0 spiro atoms. The first-order valence-electron chi connectivity index (χ1n) is 6.83. The molecule has 104 valence electrons. The number of ketones is 1. The van der Waals surface area contributed by atoms with Gasteiger partial charge in [0.2, 0.25) is 0 Å². The van der Waals surface area contributed by atoms with E-state index < -0.39 is 5.79 Å². The van der Waals surface area contributed by atoms with Crippen LogP contribution in [0.5, 0.6) is 0 Å². The summed E-state index contributed by atoms with van der Waals surface area (Å²) in [4.78, 5) is 11.8. The molecule has 0 amide bonds. The van der Waals surface area contributed by atoms with Crippen LogP contribution in [0.1, 0.15) is 20.8 Å². The molecule has 5 heteroatoms. The van der Waals surface area contributed by atoms with Crippen molar-refractivity contribution in [3.63, 3.8) is 0 Å². The lowest BCUT2D eigenvalue weighted by molar-refractivity contribution is -0.228. The summed E-state index contributed by atoms with van der Waals surface area (Å²) < 4.78 is 23.5. The van der Waals surface area contributed by atoms with Crippen LogP contribution in [0.15, 0.2) is 11.6 Å². The zero-order valence-electron chi connectivity index (χ0n) is 11.3. The Morgan fingerprint density at radius 2 is 2.00 bits per heavy atom. The number of allylic oxidation sites excluding steroid dienone is 1. The molecule has 0 unspecified atom stereocenters. The average Bonchev–Trinajstić information content (AvgIpc) is 2.88. The summed E-state index contributed by atoms with van der Waals surface area (Å²) in [6.45, 7) is 6.21. The van der Waals surface area contributed by atoms with Gasteiger partial charge in [-0.25, -0.2) is 0 Å². The van der Waals surface area contributed by atoms with Gasteiger partial charge in [0.25, 0.3) is 0 Å². The minimum atomic E-state index is -0.628. The second-order valence-electron chi connectivity index (χ2n) is 6.28. The molecule has 0 aromatic carbocycles. The Bertz CT molecular complexity index is 468. The monoisotopic (exact) mass is 266 g/mol. The van der Waals surface area contributed by atoms with Crippen LogP contribution in [0.3, 0.4) is 0 Å². The standard InChI is InChI=1S/C14H18O5/c1-6-8(15)4-7-5-16-11-10(9(6)7)17-13-12(11)18-14(2,3)19-13/h4,6,9-13H,5H2,1-3H3/t6-,9+,10+,11-,12+,13+/m0/s1. The minimum absolute atomic E-state index is 0.0294. The van der Waals surface area contributed by atoms with Crippen LogP contribution in [0.4, 0.5) is 0 Å². The summed E-state index contributed by atoms with van der Waals surface area (Å²) in [6.07, 6.45) is 0.876. The van der Waals surface area contributed by atoms with E-state index in [0.717, 1.165) is 5.57 Å². The van der Waals surface area contributed by atoms with Crippen molar-refractivity contribution in [2.24, 2.45) is 11.8 Å². The van der Waals surface area contributed by atoms with Crippen molar-refractivity contribution in [2.45, 2.75) is 51.2 Å². The normalized spacial score (nSPS) is 50.7. The van der Waals surface area contributed by atoms with Crippen LogP contribution in [-0.4, -0.2) is 42.8 Å². The number of rotatable bonds is 0. The third-order valence-electron chi connectivity index (χ3n) is 4.57. The van der Waals surface area contributed by atoms with Gasteiger partial charge >= 0.3 is 0 Å². The molecule has 4 aliphatic rings. The fourth-order valence-corrected chi connectivity index (χ4v) is 3.72. The number of hydrogen-bond donors (Lipinski definition) is 0. The van der Waals surface area contributed by atoms with Crippen molar-refractivity contribution in [2.75, 3.05) is 6.61 Å². The van der Waals surface area contributed by atoms with Gasteiger partial charge < -0.3 is 18.9 Å². The first-order chi connectivity index (χ1) is 8.96. The first-order valence-corrected chi connectivity index (χ1v) is 6.83. The summed E-state index contributed by atoms with van der Waals surface area (Å²) in [6, 6.07) is 0. The van der Waals surface area contributed by atoms with Gasteiger partial charge in [-0.05, 0) is 25.5 Å². The summed E-state index contributed by atoms with van der Waals surface area (Å²) >= 11 is 0. The summed E-state index contributed by atoms with van der Waals surface area (Å²) in [5, 5.41) is 0. The second kappa shape index (κ2) is 3.67. The largest absolute Gasteiger partial charge is 0.368 e. The van der Waals surface area contributed by atoms with Gasteiger partial charge in [0.15, 0.2) is 17.9 Å². The zero-order chi connectivity index (χ0) is 13.4. The van der Waals surface area contributed by atoms with Gasteiger partial charge in [-0.15, -0.1) is 0 Å². The predicted octanol–water partition coefficient (Wildman–Crippen LogP) is 1.02. The summed E-state index contributed by atoms with van der Waals surface area (Å²) in [5.74, 6) is -0.367. The van der Waals surface area contributed by atoms with Crippen LogP contribution >= 0.6 is 0 Å². The molecule has 3 saturated heterocycles. The SMILES string of the molecule is C[C@H]1C(=O)C=C2CO[C@@H]3[C@H]4OC(C)(C)O[C@H]4O[C@@H]3[C@@H]21. The predicted molar refractivity (Wildman–Crippen MR) is 64.2 cm³/mol. The molecule has 1 aliphatic carbocycles. The third kappa shape index (κ3) is 1.59. The highest BCUT2D eigenvalue weighted by molar-refractivity contribution is 5.95. The molecular weight excluding hydrogens is 248 g/mol. The maximum Gasteiger partial charge on any atom is 0.190 e. The molecule has 6 atom stereocenters. The highest BCUT2D eigenvalue weighted by atomic mass is 16.8. The van der Waals surface area contributed by atoms with E-state index in [1.54, 1.807) is 6.08 Å². The lowest BCUT2D eigenvalue weighted by Gasteiger charge is -2.36.